The van der Waals surface area contributed by atoms with Gasteiger partial charge in [-0.05, 0) is 36.4 Å². The highest BCUT2D eigenvalue weighted by molar-refractivity contribution is 14.0. The van der Waals surface area contributed by atoms with Gasteiger partial charge in [-0.15, -0.1) is 35.3 Å². The monoisotopic (exact) mass is 558 g/mol. The number of furan rings is 1. The fraction of sp³-hybridized carbons (Fsp3) is 0.609. The van der Waals surface area contributed by atoms with E-state index in [9.17, 15) is 0 Å². The molecule has 2 aliphatic rings. The van der Waals surface area contributed by atoms with Crippen molar-refractivity contribution in [3.8, 4) is 0 Å². The summed E-state index contributed by atoms with van der Waals surface area (Å²) in [7, 11) is 0. The van der Waals surface area contributed by atoms with E-state index in [0.717, 1.165) is 57.5 Å². The van der Waals surface area contributed by atoms with Crippen LogP contribution >= 0.6 is 35.3 Å². The zero-order valence-electron chi connectivity index (χ0n) is 18.2. The van der Waals surface area contributed by atoms with Crippen LogP contribution in [0.3, 0.4) is 0 Å². The minimum absolute atomic E-state index is 0. The van der Waals surface area contributed by atoms with Crippen LogP contribution in [0.5, 0.6) is 0 Å². The van der Waals surface area contributed by atoms with Gasteiger partial charge >= 0.3 is 0 Å². The molecule has 0 atom stereocenters. The normalized spacial score (nSPS) is 19.5. The Morgan fingerprint density at radius 3 is 2.65 bits per heavy atom. The molecule has 1 saturated heterocycles. The van der Waals surface area contributed by atoms with Crippen LogP contribution in [0.2, 0.25) is 0 Å². The fourth-order valence-corrected chi connectivity index (χ4v) is 5.22. The third-order valence-electron chi connectivity index (χ3n) is 6.27. The Hall–Kier alpha value is -1.10. The Morgan fingerprint density at radius 2 is 1.94 bits per heavy atom. The SMILES string of the molecule is I.c1coc(CCNC(=NCc2cccs2)NCC2(N3CCOCC3)CCCCC2)c1. The Balaban J connectivity index is 0.00000272. The molecule has 4 rings (SSSR count). The van der Waals surface area contributed by atoms with Gasteiger partial charge in [0.25, 0.3) is 0 Å². The summed E-state index contributed by atoms with van der Waals surface area (Å²) in [6.07, 6.45) is 9.07. The van der Waals surface area contributed by atoms with E-state index in [1.807, 2.05) is 12.1 Å². The summed E-state index contributed by atoms with van der Waals surface area (Å²) in [5, 5.41) is 9.33. The standard InChI is InChI=1S/C23H34N4O2S.HI/c1-2-9-23(10-3-1,27-12-15-28-16-13-27)19-26-22(25-18-21-7-5-17-30-21)24-11-8-20-6-4-14-29-20;/h4-7,14,17H,1-3,8-13,15-16,18-19H2,(H2,24,25,26);1H. The van der Waals surface area contributed by atoms with E-state index in [0.29, 0.717) is 6.54 Å². The molecule has 0 radical (unpaired) electrons. The van der Waals surface area contributed by atoms with Crippen LogP contribution in [-0.4, -0.2) is 55.8 Å². The highest BCUT2D eigenvalue weighted by Crippen LogP contribution is 2.33. The van der Waals surface area contributed by atoms with Gasteiger partial charge in [0, 0.05) is 43.0 Å². The second-order valence-electron chi connectivity index (χ2n) is 8.24. The minimum atomic E-state index is 0. The van der Waals surface area contributed by atoms with E-state index < -0.39 is 0 Å². The number of halogens is 1. The molecule has 0 spiro atoms. The lowest BCUT2D eigenvalue weighted by atomic mass is 9.80. The van der Waals surface area contributed by atoms with E-state index in [1.54, 1.807) is 17.6 Å². The van der Waals surface area contributed by atoms with E-state index >= 15 is 0 Å². The van der Waals surface area contributed by atoms with Crippen molar-refractivity contribution in [1.29, 1.82) is 0 Å². The summed E-state index contributed by atoms with van der Waals surface area (Å²) in [6, 6.07) is 8.19. The molecule has 172 valence electrons. The molecule has 2 N–H and O–H groups in total. The molecule has 1 aliphatic carbocycles. The molecule has 1 saturated carbocycles. The molecule has 0 amide bonds. The van der Waals surface area contributed by atoms with Crippen molar-refractivity contribution < 1.29 is 9.15 Å². The van der Waals surface area contributed by atoms with Gasteiger partial charge in [0.15, 0.2) is 5.96 Å². The predicted octanol–water partition coefficient (Wildman–Crippen LogP) is 4.27. The molecule has 3 heterocycles. The molecule has 1 aliphatic heterocycles. The van der Waals surface area contributed by atoms with Crippen LogP contribution in [0.25, 0.3) is 0 Å². The Labute approximate surface area is 206 Å². The smallest absolute Gasteiger partial charge is 0.191 e. The molecule has 2 aromatic heterocycles. The van der Waals surface area contributed by atoms with Crippen molar-refractivity contribution in [2.75, 3.05) is 39.4 Å². The van der Waals surface area contributed by atoms with E-state index in [2.05, 4.69) is 33.0 Å². The molecule has 0 bridgehead atoms. The van der Waals surface area contributed by atoms with Crippen molar-refractivity contribution >= 4 is 41.3 Å². The topological polar surface area (TPSA) is 62.0 Å². The van der Waals surface area contributed by atoms with Crippen LogP contribution in [-0.2, 0) is 17.7 Å². The number of morpholine rings is 1. The summed E-state index contributed by atoms with van der Waals surface area (Å²) >= 11 is 1.76. The first kappa shape index (κ1) is 24.5. The maximum atomic E-state index is 5.62. The van der Waals surface area contributed by atoms with Gasteiger partial charge in [-0.25, -0.2) is 4.99 Å². The zero-order chi connectivity index (χ0) is 20.5. The van der Waals surface area contributed by atoms with E-state index in [4.69, 9.17) is 14.1 Å². The van der Waals surface area contributed by atoms with Crippen molar-refractivity contribution in [2.45, 2.75) is 50.6 Å². The molecule has 6 nitrogen and oxygen atoms in total. The van der Waals surface area contributed by atoms with Crippen LogP contribution in [0.15, 0.2) is 45.3 Å². The van der Waals surface area contributed by atoms with Gasteiger partial charge in [0.1, 0.15) is 5.76 Å². The van der Waals surface area contributed by atoms with Crippen molar-refractivity contribution in [3.05, 3.63) is 46.5 Å². The lowest BCUT2D eigenvalue weighted by Gasteiger charge is -2.48. The van der Waals surface area contributed by atoms with Crippen LogP contribution in [0, 0.1) is 0 Å². The Bertz CT molecular complexity index is 755. The van der Waals surface area contributed by atoms with Gasteiger partial charge in [-0.2, -0.15) is 0 Å². The van der Waals surface area contributed by atoms with Gasteiger partial charge in [-0.3, -0.25) is 4.90 Å². The van der Waals surface area contributed by atoms with Gasteiger partial charge in [-0.1, -0.05) is 25.3 Å². The number of nitrogens with one attached hydrogen (secondary N) is 2. The molecule has 0 aromatic carbocycles. The molecule has 8 heteroatoms. The molecule has 2 aromatic rings. The average molecular weight is 559 g/mol. The number of hydrogen-bond donors (Lipinski definition) is 2. The number of aliphatic imine (C=N–C) groups is 1. The molecular weight excluding hydrogens is 523 g/mol. The number of guanidine groups is 1. The van der Waals surface area contributed by atoms with Crippen molar-refractivity contribution in [3.63, 3.8) is 0 Å². The maximum Gasteiger partial charge on any atom is 0.191 e. The number of hydrogen-bond acceptors (Lipinski definition) is 5. The number of nitrogens with zero attached hydrogens (tertiary/aromatic N) is 2. The summed E-state index contributed by atoms with van der Waals surface area (Å²) in [5.41, 5.74) is 0.217. The average Bonchev–Trinajstić information content (AvgIpc) is 3.51. The summed E-state index contributed by atoms with van der Waals surface area (Å²) in [6.45, 7) is 6.21. The first-order valence-electron chi connectivity index (χ1n) is 11.2. The lowest BCUT2D eigenvalue weighted by Crippen LogP contribution is -2.60. The van der Waals surface area contributed by atoms with Gasteiger partial charge < -0.3 is 19.8 Å². The van der Waals surface area contributed by atoms with Gasteiger partial charge in [0.2, 0.25) is 0 Å². The quantitative estimate of drug-likeness (QED) is 0.288. The largest absolute Gasteiger partial charge is 0.469 e. The second-order valence-corrected chi connectivity index (χ2v) is 9.27. The van der Waals surface area contributed by atoms with Crippen LogP contribution < -0.4 is 10.6 Å². The number of thiophene rings is 1. The minimum Gasteiger partial charge on any atom is -0.469 e. The first-order chi connectivity index (χ1) is 14.8. The fourth-order valence-electron chi connectivity index (χ4n) is 4.59. The molecule has 2 fully saturated rings. The zero-order valence-corrected chi connectivity index (χ0v) is 21.3. The molecular formula is C23H35IN4O2S. The first-order valence-corrected chi connectivity index (χ1v) is 12.1. The van der Waals surface area contributed by atoms with E-state index in [1.165, 1.54) is 37.0 Å². The molecule has 31 heavy (non-hydrogen) atoms. The van der Waals surface area contributed by atoms with E-state index in [-0.39, 0.29) is 29.5 Å². The van der Waals surface area contributed by atoms with Crippen molar-refractivity contribution in [1.82, 2.24) is 15.5 Å². The Kier molecular flexibility index (Phi) is 10.1. The number of ether oxygens (including phenoxy) is 1. The number of rotatable bonds is 8. The highest BCUT2D eigenvalue weighted by atomic mass is 127. The summed E-state index contributed by atoms with van der Waals surface area (Å²) in [5.74, 6) is 1.89. The maximum absolute atomic E-state index is 5.62. The summed E-state index contributed by atoms with van der Waals surface area (Å²) < 4.78 is 11.1. The third kappa shape index (κ3) is 7.20. The molecule has 0 unspecified atom stereocenters. The van der Waals surface area contributed by atoms with Crippen molar-refractivity contribution in [2.24, 2.45) is 4.99 Å². The second kappa shape index (κ2) is 12.8. The van der Waals surface area contributed by atoms with Crippen LogP contribution in [0.1, 0.15) is 42.7 Å². The van der Waals surface area contributed by atoms with Crippen LogP contribution in [0.4, 0.5) is 0 Å². The predicted molar refractivity (Wildman–Crippen MR) is 137 cm³/mol. The third-order valence-corrected chi connectivity index (χ3v) is 7.13. The van der Waals surface area contributed by atoms with Gasteiger partial charge in [0.05, 0.1) is 26.0 Å². The summed E-state index contributed by atoms with van der Waals surface area (Å²) in [4.78, 5) is 8.83. The lowest BCUT2D eigenvalue weighted by molar-refractivity contribution is -0.0352. The highest BCUT2D eigenvalue weighted by Gasteiger charge is 2.38. The Morgan fingerprint density at radius 1 is 1.10 bits per heavy atom.